The molecular weight excluding hydrogens is 712 g/mol. The fourth-order valence-electron chi connectivity index (χ4n) is 8.67. The Labute approximate surface area is 335 Å². The molecule has 0 radical (unpaired) electrons. The smallest absolute Gasteiger partial charge is 0.136 e. The van der Waals surface area contributed by atoms with E-state index in [1.165, 1.54) is 0 Å². The molecule has 0 aliphatic rings. The van der Waals surface area contributed by atoms with Crippen molar-refractivity contribution < 1.29 is 8.81 Å². The van der Waals surface area contributed by atoms with Crippen molar-refractivity contribution in [2.45, 2.75) is 0 Å². The highest BCUT2D eigenvalue weighted by Crippen LogP contribution is 2.44. The van der Waals surface area contributed by atoms with Crippen LogP contribution < -0.4 is 4.90 Å². The minimum Gasteiger partial charge on any atom is -0.456 e. The average Bonchev–Trinajstić information content (AvgIpc) is 3.83. The molecule has 2 heterocycles. The van der Waals surface area contributed by atoms with Gasteiger partial charge in [-0.05, 0) is 95.1 Å². The molecule has 3 nitrogen and oxygen atoms in total. The van der Waals surface area contributed by atoms with Crippen LogP contribution in [0, 0.1) is 5.82 Å². The van der Waals surface area contributed by atoms with Gasteiger partial charge in [-0.25, -0.2) is 4.39 Å². The van der Waals surface area contributed by atoms with Crippen LogP contribution in [0.3, 0.4) is 0 Å². The molecule has 0 bridgehead atoms. The number of nitrogens with zero attached hydrogens (tertiary/aromatic N) is 2. The van der Waals surface area contributed by atoms with Gasteiger partial charge in [-0.2, -0.15) is 0 Å². The summed E-state index contributed by atoms with van der Waals surface area (Å²) in [7, 11) is 0. The van der Waals surface area contributed by atoms with Gasteiger partial charge >= 0.3 is 0 Å². The van der Waals surface area contributed by atoms with Gasteiger partial charge in [-0.1, -0.05) is 140 Å². The average molecular weight is 747 g/mol. The van der Waals surface area contributed by atoms with Crippen LogP contribution in [0.4, 0.5) is 21.5 Å². The lowest BCUT2D eigenvalue weighted by atomic mass is 9.98. The number of anilines is 3. The number of furan rings is 1. The number of hydrogen-bond acceptors (Lipinski definition) is 2. The largest absolute Gasteiger partial charge is 0.456 e. The first-order valence-corrected chi connectivity index (χ1v) is 19.5. The summed E-state index contributed by atoms with van der Waals surface area (Å²) in [5.74, 6) is -0.255. The van der Waals surface area contributed by atoms with Crippen LogP contribution in [-0.4, -0.2) is 4.57 Å². The second kappa shape index (κ2) is 13.8. The summed E-state index contributed by atoms with van der Waals surface area (Å²) in [6.45, 7) is 0. The highest BCUT2D eigenvalue weighted by atomic mass is 19.1. The molecule has 0 spiro atoms. The maximum Gasteiger partial charge on any atom is 0.136 e. The number of fused-ring (bicyclic) bond motifs is 6. The monoisotopic (exact) mass is 746 g/mol. The number of para-hydroxylation sites is 4. The van der Waals surface area contributed by atoms with Crippen LogP contribution in [0.2, 0.25) is 0 Å². The van der Waals surface area contributed by atoms with E-state index in [1.807, 2.05) is 36.4 Å². The Bertz CT molecular complexity index is 3290. The Kier molecular flexibility index (Phi) is 8.00. The fourth-order valence-corrected chi connectivity index (χ4v) is 8.67. The molecule has 11 aromatic rings. The Morgan fingerprint density at radius 3 is 1.76 bits per heavy atom. The summed E-state index contributed by atoms with van der Waals surface area (Å²) in [5.41, 5.74) is 14.4. The molecule has 0 saturated heterocycles. The summed E-state index contributed by atoms with van der Waals surface area (Å²) in [6, 6.07) is 73.0. The number of rotatable bonds is 7. The molecule has 0 saturated carbocycles. The van der Waals surface area contributed by atoms with Gasteiger partial charge in [-0.15, -0.1) is 0 Å². The summed E-state index contributed by atoms with van der Waals surface area (Å²) >= 11 is 0. The van der Waals surface area contributed by atoms with Crippen molar-refractivity contribution in [1.29, 1.82) is 0 Å². The van der Waals surface area contributed by atoms with Crippen LogP contribution in [0.1, 0.15) is 0 Å². The van der Waals surface area contributed by atoms with Crippen LogP contribution in [0.5, 0.6) is 0 Å². The van der Waals surface area contributed by atoms with Crippen LogP contribution in [0.15, 0.2) is 217 Å². The third-order valence-electron chi connectivity index (χ3n) is 11.3. The lowest BCUT2D eigenvalue weighted by molar-refractivity contribution is 0.629. The Hall–Kier alpha value is -7.69. The van der Waals surface area contributed by atoms with Crippen LogP contribution in [0.25, 0.3) is 82.8 Å². The topological polar surface area (TPSA) is 21.3 Å². The van der Waals surface area contributed by atoms with E-state index in [2.05, 4.69) is 173 Å². The van der Waals surface area contributed by atoms with Gasteiger partial charge in [0.2, 0.25) is 0 Å². The minimum absolute atomic E-state index is 0.255. The molecule has 0 aliphatic heterocycles. The summed E-state index contributed by atoms with van der Waals surface area (Å²) in [5, 5.41) is 4.36. The van der Waals surface area contributed by atoms with Crippen molar-refractivity contribution in [3.8, 4) is 39.1 Å². The molecule has 0 aliphatic carbocycles. The predicted octanol–water partition coefficient (Wildman–Crippen LogP) is 15.3. The minimum atomic E-state index is -0.255. The molecule has 9 aromatic carbocycles. The van der Waals surface area contributed by atoms with Crippen molar-refractivity contribution in [2.75, 3.05) is 4.90 Å². The third-order valence-corrected chi connectivity index (χ3v) is 11.3. The van der Waals surface area contributed by atoms with Gasteiger partial charge in [0.05, 0.1) is 22.4 Å². The van der Waals surface area contributed by atoms with Crippen molar-refractivity contribution in [3.05, 3.63) is 218 Å². The van der Waals surface area contributed by atoms with Crippen molar-refractivity contribution in [1.82, 2.24) is 4.57 Å². The van der Waals surface area contributed by atoms with E-state index < -0.39 is 0 Å². The van der Waals surface area contributed by atoms with Crippen molar-refractivity contribution in [2.24, 2.45) is 0 Å². The second-order valence-electron chi connectivity index (χ2n) is 14.6. The van der Waals surface area contributed by atoms with E-state index in [9.17, 15) is 4.39 Å². The van der Waals surface area contributed by atoms with Gasteiger partial charge in [0.15, 0.2) is 0 Å². The maximum atomic E-state index is 14.8. The van der Waals surface area contributed by atoms with Gasteiger partial charge < -0.3 is 13.9 Å². The zero-order valence-corrected chi connectivity index (χ0v) is 31.4. The first-order chi connectivity index (χ1) is 28.7. The van der Waals surface area contributed by atoms with E-state index in [4.69, 9.17) is 4.42 Å². The number of aromatic nitrogens is 1. The van der Waals surface area contributed by atoms with Gasteiger partial charge in [0, 0.05) is 44.0 Å². The fraction of sp³-hybridized carbons (Fsp3) is 0. The highest BCUT2D eigenvalue weighted by molar-refractivity contribution is 6.12. The van der Waals surface area contributed by atoms with Crippen molar-refractivity contribution in [3.63, 3.8) is 0 Å². The molecule has 58 heavy (non-hydrogen) atoms. The zero-order chi connectivity index (χ0) is 38.6. The molecular formula is C54H35FN2O. The Morgan fingerprint density at radius 2 is 0.966 bits per heavy atom. The van der Waals surface area contributed by atoms with Gasteiger partial charge in [0.25, 0.3) is 0 Å². The van der Waals surface area contributed by atoms with E-state index in [-0.39, 0.29) is 5.82 Å². The highest BCUT2D eigenvalue weighted by Gasteiger charge is 2.20. The Balaban J connectivity index is 1.04. The van der Waals surface area contributed by atoms with E-state index in [0.717, 1.165) is 99.9 Å². The molecule has 0 amide bonds. The first-order valence-electron chi connectivity index (χ1n) is 19.5. The second-order valence-corrected chi connectivity index (χ2v) is 14.6. The van der Waals surface area contributed by atoms with E-state index in [1.54, 1.807) is 12.1 Å². The van der Waals surface area contributed by atoms with E-state index >= 15 is 0 Å². The SMILES string of the molecule is Fc1ccc2c3ccccc3n(-c3ccccc3-c3ccc(N(c4ccc(-c5cccc6oc7ccccc7c56)cc4)c4ccccc4-c4ccccc4)cc3)c2c1. The third kappa shape index (κ3) is 5.57. The summed E-state index contributed by atoms with van der Waals surface area (Å²) < 4.78 is 23.2. The molecule has 11 rings (SSSR count). The predicted molar refractivity (Wildman–Crippen MR) is 239 cm³/mol. The zero-order valence-electron chi connectivity index (χ0n) is 31.4. The Morgan fingerprint density at radius 1 is 0.397 bits per heavy atom. The van der Waals surface area contributed by atoms with Crippen LogP contribution >= 0.6 is 0 Å². The number of hydrogen-bond donors (Lipinski definition) is 0. The lowest BCUT2D eigenvalue weighted by Gasteiger charge is -2.28. The number of benzene rings is 9. The normalized spacial score (nSPS) is 11.5. The molecule has 0 fully saturated rings. The van der Waals surface area contributed by atoms with Crippen molar-refractivity contribution >= 4 is 60.8 Å². The molecule has 0 N–H and O–H groups in total. The quantitative estimate of drug-likeness (QED) is 0.162. The summed E-state index contributed by atoms with van der Waals surface area (Å²) in [4.78, 5) is 2.34. The first kappa shape index (κ1) is 33.6. The van der Waals surface area contributed by atoms with Crippen LogP contribution in [-0.2, 0) is 0 Å². The maximum absolute atomic E-state index is 14.8. The molecule has 0 unspecified atom stereocenters. The number of halogens is 1. The summed E-state index contributed by atoms with van der Waals surface area (Å²) in [6.07, 6.45) is 0. The standard InChI is InChI=1S/C54H35FN2O/c55-39-29-34-46-45-17-6-10-22-50(45)57(51(46)35-39)49-21-9-5-16-43(49)37-25-30-40(31-26-37)56(48-20-8-4-15-42(48)36-13-2-1-3-14-36)41-32-27-38(28-33-41)44-19-12-24-53-54(44)47-18-7-11-23-52(47)58-53/h1-35H. The van der Waals surface area contributed by atoms with Gasteiger partial charge in [0.1, 0.15) is 17.0 Å². The molecule has 0 atom stereocenters. The molecule has 4 heteroatoms. The van der Waals surface area contributed by atoms with Gasteiger partial charge in [-0.3, -0.25) is 0 Å². The van der Waals surface area contributed by atoms with E-state index in [0.29, 0.717) is 0 Å². The lowest BCUT2D eigenvalue weighted by Crippen LogP contribution is -2.11. The molecule has 2 aromatic heterocycles. The molecule has 274 valence electrons.